The molecule has 1 aliphatic rings. The second-order valence-corrected chi connectivity index (χ2v) is 9.34. The number of likely N-dealkylation sites (N-methyl/N-ethyl adjacent to an activating group) is 1. The molecule has 11 nitrogen and oxygen atoms in total. The second kappa shape index (κ2) is 10.2. The summed E-state index contributed by atoms with van der Waals surface area (Å²) in [7, 11) is 5.22. The number of nitrogens with one attached hydrogen (secondary N) is 4. The van der Waals surface area contributed by atoms with Crippen LogP contribution in [0.25, 0.3) is 11.0 Å². The van der Waals surface area contributed by atoms with Gasteiger partial charge in [0, 0.05) is 24.9 Å². The minimum atomic E-state index is -1.09. The van der Waals surface area contributed by atoms with Crippen LogP contribution in [0.3, 0.4) is 0 Å². The molecule has 0 radical (unpaired) electrons. The highest BCUT2D eigenvalue weighted by atomic mass is 19.1. The molecule has 0 unspecified atom stereocenters. The number of carbonyl (C=O) groups is 2. The van der Waals surface area contributed by atoms with E-state index in [0.29, 0.717) is 41.5 Å². The fourth-order valence-electron chi connectivity index (χ4n) is 4.62. The van der Waals surface area contributed by atoms with Crippen LogP contribution >= 0.6 is 0 Å². The van der Waals surface area contributed by atoms with E-state index in [4.69, 9.17) is 10.5 Å². The molecule has 2 aromatic carbocycles. The molecule has 202 valence electrons. The maximum absolute atomic E-state index is 14.4. The number of ether oxygens (including phenoxy) is 1. The van der Waals surface area contributed by atoms with Gasteiger partial charge in [-0.1, -0.05) is 4.98 Å². The Balaban J connectivity index is 1.53. The van der Waals surface area contributed by atoms with Crippen molar-refractivity contribution >= 4 is 51.7 Å². The van der Waals surface area contributed by atoms with Crippen LogP contribution in [0.2, 0.25) is 0 Å². The van der Waals surface area contributed by atoms with Crippen molar-refractivity contribution in [2.75, 3.05) is 49.8 Å². The standard InChI is InChI=1S/C26H26F2N8O3/c1-35(2)12-21(37)36-7-5-13-8-20(39-3)17(11-19(13)36)32-26-33-24-15(4-6-30-24)25(34-26)31-18-10-14(27)9-16(28)22(18)23(29)38/h4,6,8-11H,5,7,12H2,1-3H3,(H2,29,38)(H3,30,31,32,33,34)/p+1. The van der Waals surface area contributed by atoms with Crippen molar-refractivity contribution in [3.8, 4) is 5.75 Å². The van der Waals surface area contributed by atoms with Crippen molar-refractivity contribution in [1.82, 2.24) is 14.9 Å². The van der Waals surface area contributed by atoms with Crippen molar-refractivity contribution in [1.29, 1.82) is 0 Å². The number of hydrogen-bond donors (Lipinski definition) is 4. The Hall–Kier alpha value is -4.78. The van der Waals surface area contributed by atoms with Crippen LogP contribution in [0.1, 0.15) is 15.9 Å². The smallest absolute Gasteiger partial charge is 0.351 e. The van der Waals surface area contributed by atoms with Gasteiger partial charge in [0.2, 0.25) is 17.4 Å². The van der Waals surface area contributed by atoms with Crippen molar-refractivity contribution in [2.45, 2.75) is 6.42 Å². The zero-order chi connectivity index (χ0) is 27.8. The molecule has 39 heavy (non-hydrogen) atoms. The summed E-state index contributed by atoms with van der Waals surface area (Å²) in [6.45, 7) is 0.837. The molecule has 2 amide bonds. The average molecular weight is 538 g/mol. The van der Waals surface area contributed by atoms with Gasteiger partial charge in [0.15, 0.2) is 5.75 Å². The number of rotatable bonds is 8. The van der Waals surface area contributed by atoms with E-state index in [1.54, 1.807) is 24.3 Å². The summed E-state index contributed by atoms with van der Waals surface area (Å²) in [4.78, 5) is 39.0. The number of halogens is 2. The number of aromatic nitrogens is 3. The van der Waals surface area contributed by atoms with Crippen LogP contribution in [0.5, 0.6) is 5.75 Å². The fraction of sp³-hybridized carbons (Fsp3) is 0.231. The fourth-order valence-corrected chi connectivity index (χ4v) is 4.62. The molecule has 1 aliphatic heterocycles. The van der Waals surface area contributed by atoms with Gasteiger partial charge in [0.1, 0.15) is 17.3 Å². The summed E-state index contributed by atoms with van der Waals surface area (Å²) >= 11 is 0. The van der Waals surface area contributed by atoms with E-state index in [2.05, 4.69) is 25.6 Å². The second-order valence-electron chi connectivity index (χ2n) is 9.34. The molecular weight excluding hydrogens is 510 g/mol. The quantitative estimate of drug-likeness (QED) is 0.271. The predicted molar refractivity (Wildman–Crippen MR) is 142 cm³/mol. The van der Waals surface area contributed by atoms with Gasteiger partial charge in [-0.05, 0) is 44.3 Å². The first-order valence-electron chi connectivity index (χ1n) is 12.0. The van der Waals surface area contributed by atoms with Crippen LogP contribution in [-0.4, -0.2) is 61.0 Å². The molecule has 3 heterocycles. The van der Waals surface area contributed by atoms with E-state index in [9.17, 15) is 18.4 Å². The van der Waals surface area contributed by atoms with Gasteiger partial charge in [-0.15, -0.1) is 0 Å². The Morgan fingerprint density at radius 3 is 2.72 bits per heavy atom. The summed E-state index contributed by atoms with van der Waals surface area (Å²) in [5.74, 6) is -2.08. The average Bonchev–Trinajstić information content (AvgIpc) is 3.49. The van der Waals surface area contributed by atoms with Crippen molar-refractivity contribution in [3.05, 3.63) is 59.3 Å². The molecular formula is C26H27F2N8O3+. The summed E-state index contributed by atoms with van der Waals surface area (Å²) in [5, 5.41) is 6.58. The largest absolute Gasteiger partial charge is 0.493 e. The minimum absolute atomic E-state index is 0.0218. The lowest BCUT2D eigenvalue weighted by Gasteiger charge is -2.20. The Bertz CT molecular complexity index is 1600. The van der Waals surface area contributed by atoms with Gasteiger partial charge in [-0.3, -0.25) is 19.9 Å². The first kappa shape index (κ1) is 25.9. The third kappa shape index (κ3) is 5.03. The van der Waals surface area contributed by atoms with Gasteiger partial charge in [-0.25, -0.2) is 13.8 Å². The Labute approximate surface area is 222 Å². The Kier molecular flexibility index (Phi) is 6.74. The molecule has 0 atom stereocenters. The Morgan fingerprint density at radius 2 is 2.00 bits per heavy atom. The zero-order valence-corrected chi connectivity index (χ0v) is 21.5. The monoisotopic (exact) mass is 537 g/mol. The van der Waals surface area contributed by atoms with Crippen LogP contribution in [0, 0.1) is 11.6 Å². The zero-order valence-electron chi connectivity index (χ0n) is 21.5. The number of H-pyrrole nitrogens is 2. The molecule has 2 aromatic heterocycles. The van der Waals surface area contributed by atoms with Gasteiger partial charge in [0.25, 0.3) is 5.91 Å². The maximum atomic E-state index is 14.4. The van der Waals surface area contributed by atoms with Crippen LogP contribution in [0.4, 0.5) is 37.6 Å². The molecule has 13 heteroatoms. The number of amides is 2. The summed E-state index contributed by atoms with van der Waals surface area (Å²) in [6, 6.07) is 6.96. The van der Waals surface area contributed by atoms with Crippen LogP contribution in [0.15, 0.2) is 36.5 Å². The number of methoxy groups -OCH3 is 1. The highest BCUT2D eigenvalue weighted by molar-refractivity contribution is 6.01. The number of hydrogen-bond acceptors (Lipinski definition) is 7. The lowest BCUT2D eigenvalue weighted by molar-refractivity contribution is -0.333. The number of primary amides is 1. The summed E-state index contributed by atoms with van der Waals surface area (Å²) in [6.07, 6.45) is 2.35. The lowest BCUT2D eigenvalue weighted by atomic mass is 10.1. The normalized spacial score (nSPS) is 12.6. The van der Waals surface area contributed by atoms with E-state index in [1.807, 2.05) is 31.1 Å². The Morgan fingerprint density at radius 1 is 1.21 bits per heavy atom. The van der Waals surface area contributed by atoms with E-state index < -0.39 is 23.1 Å². The number of carbonyl (C=O) groups excluding carboxylic acids is 2. The molecule has 0 spiro atoms. The number of anilines is 5. The molecule has 4 aromatic rings. The molecule has 0 saturated heterocycles. The topological polar surface area (TPSA) is 143 Å². The molecule has 6 N–H and O–H groups in total. The third-order valence-electron chi connectivity index (χ3n) is 6.33. The first-order valence-corrected chi connectivity index (χ1v) is 12.0. The SMILES string of the molecule is COc1cc2c(cc1Nc1nc(Nc3cc(F)cc(F)c3C(N)=O)c3cc[nH]c3[nH+]1)N(C(=O)CN(C)C)CC2. The van der Waals surface area contributed by atoms with E-state index >= 15 is 0 Å². The number of nitrogens with two attached hydrogens (primary N) is 1. The van der Waals surface area contributed by atoms with Gasteiger partial charge in [0.05, 0.1) is 36.0 Å². The molecule has 0 fully saturated rings. The third-order valence-corrected chi connectivity index (χ3v) is 6.33. The van der Waals surface area contributed by atoms with Crippen molar-refractivity contribution in [3.63, 3.8) is 0 Å². The predicted octanol–water partition coefficient (Wildman–Crippen LogP) is 2.70. The maximum Gasteiger partial charge on any atom is 0.351 e. The van der Waals surface area contributed by atoms with Crippen LogP contribution in [-0.2, 0) is 11.2 Å². The number of nitrogens with zero attached hydrogens (tertiary/aromatic N) is 3. The van der Waals surface area contributed by atoms with Crippen molar-refractivity contribution < 1.29 is 28.1 Å². The summed E-state index contributed by atoms with van der Waals surface area (Å²) < 4.78 is 34.0. The van der Waals surface area contributed by atoms with Gasteiger partial charge < -0.3 is 25.6 Å². The molecule has 5 rings (SSSR count). The van der Waals surface area contributed by atoms with Crippen LogP contribution < -0.4 is 31.0 Å². The molecule has 0 bridgehead atoms. The number of fused-ring (bicyclic) bond motifs is 2. The minimum Gasteiger partial charge on any atom is -0.493 e. The van der Waals surface area contributed by atoms with Crippen molar-refractivity contribution in [2.24, 2.45) is 5.73 Å². The number of aromatic amines is 2. The van der Waals surface area contributed by atoms with E-state index in [-0.39, 0.29) is 29.9 Å². The number of benzene rings is 2. The van der Waals surface area contributed by atoms with Gasteiger partial charge in [-0.2, -0.15) is 0 Å². The highest BCUT2D eigenvalue weighted by Gasteiger charge is 2.28. The van der Waals surface area contributed by atoms with E-state index in [1.165, 1.54) is 0 Å². The lowest BCUT2D eigenvalue weighted by Crippen LogP contribution is -2.36. The van der Waals surface area contributed by atoms with Gasteiger partial charge >= 0.3 is 5.95 Å². The first-order chi connectivity index (χ1) is 18.6. The van der Waals surface area contributed by atoms with E-state index in [0.717, 1.165) is 17.3 Å². The highest BCUT2D eigenvalue weighted by Crippen LogP contribution is 2.38. The summed E-state index contributed by atoms with van der Waals surface area (Å²) in [5.41, 5.74) is 7.51. The molecule has 0 aliphatic carbocycles. The molecule has 0 saturated carbocycles.